The normalized spacial score (nSPS) is 11.2. The van der Waals surface area contributed by atoms with E-state index < -0.39 is 0 Å². The first kappa shape index (κ1) is 17.9. The van der Waals surface area contributed by atoms with Gasteiger partial charge in [0.1, 0.15) is 11.2 Å². The first-order valence-corrected chi connectivity index (χ1v) is 9.66. The quantitative estimate of drug-likeness (QED) is 0.361. The number of ether oxygens (including phenoxy) is 1. The molecule has 2 heterocycles. The Kier molecular flexibility index (Phi) is 5.16. The Morgan fingerprint density at radius 2 is 2.04 bits per heavy atom. The van der Waals surface area contributed by atoms with E-state index >= 15 is 0 Å². The van der Waals surface area contributed by atoms with Crippen LogP contribution in [0.4, 0.5) is 5.82 Å². The maximum atomic E-state index is 9.80. The summed E-state index contributed by atoms with van der Waals surface area (Å²) in [6, 6.07) is 15.2. The van der Waals surface area contributed by atoms with E-state index in [2.05, 4.69) is 38.0 Å². The zero-order valence-corrected chi connectivity index (χ0v) is 16.0. The molecule has 2 aromatic carbocycles. The van der Waals surface area contributed by atoms with Gasteiger partial charge in [-0.05, 0) is 36.2 Å². The molecule has 6 nitrogen and oxygen atoms in total. The highest BCUT2D eigenvalue weighted by Crippen LogP contribution is 2.36. The van der Waals surface area contributed by atoms with E-state index in [1.54, 1.807) is 35.8 Å². The number of phenolic OH excluding ortho intramolecular Hbond substituents is 1. The first-order valence-electron chi connectivity index (χ1n) is 8.78. The van der Waals surface area contributed by atoms with E-state index in [1.165, 1.54) is 6.33 Å². The van der Waals surface area contributed by atoms with Crippen LogP contribution in [0.25, 0.3) is 21.3 Å². The van der Waals surface area contributed by atoms with Crippen LogP contribution in [0.15, 0.2) is 65.3 Å². The molecule has 0 radical (unpaired) electrons. The molecule has 7 heteroatoms. The van der Waals surface area contributed by atoms with E-state index in [1.807, 2.05) is 25.1 Å². The first-order chi connectivity index (χ1) is 13.8. The van der Waals surface area contributed by atoms with Crippen LogP contribution in [0.5, 0.6) is 11.5 Å². The molecule has 0 fully saturated rings. The molecule has 0 saturated heterocycles. The van der Waals surface area contributed by atoms with Crippen molar-refractivity contribution in [1.82, 2.24) is 9.97 Å². The van der Waals surface area contributed by atoms with E-state index in [0.29, 0.717) is 18.2 Å². The van der Waals surface area contributed by atoms with Crippen LogP contribution in [-0.4, -0.2) is 27.9 Å². The van der Waals surface area contributed by atoms with Crippen LogP contribution in [0.2, 0.25) is 0 Å². The molecule has 2 aromatic heterocycles. The van der Waals surface area contributed by atoms with Crippen molar-refractivity contribution in [2.75, 3.05) is 12.0 Å². The predicted octanol–water partition coefficient (Wildman–Crippen LogP) is 4.91. The number of aromatic nitrogens is 2. The average Bonchev–Trinajstić information content (AvgIpc) is 3.16. The molecule has 0 unspecified atom stereocenters. The van der Waals surface area contributed by atoms with Crippen molar-refractivity contribution in [3.8, 4) is 22.6 Å². The Morgan fingerprint density at radius 3 is 2.86 bits per heavy atom. The molecule has 0 saturated carbocycles. The number of hydrogen-bond donors (Lipinski definition) is 2. The number of phenols is 1. The lowest BCUT2D eigenvalue weighted by atomic mass is 10.1. The van der Waals surface area contributed by atoms with Crippen molar-refractivity contribution in [3.05, 3.63) is 65.8 Å². The molecule has 0 aliphatic carbocycles. The minimum absolute atomic E-state index is 0.107. The van der Waals surface area contributed by atoms with Gasteiger partial charge in [-0.2, -0.15) is 5.10 Å². The lowest BCUT2D eigenvalue weighted by Gasteiger charge is -2.06. The molecule has 140 valence electrons. The summed E-state index contributed by atoms with van der Waals surface area (Å²) in [6.07, 6.45) is 3.18. The fraction of sp³-hybridized carbons (Fsp3) is 0.0952. The van der Waals surface area contributed by atoms with Crippen LogP contribution in [-0.2, 0) is 0 Å². The van der Waals surface area contributed by atoms with Crippen LogP contribution in [0.1, 0.15) is 12.5 Å². The Balaban J connectivity index is 1.63. The second kappa shape index (κ2) is 8.06. The van der Waals surface area contributed by atoms with Gasteiger partial charge in [-0.1, -0.05) is 30.3 Å². The van der Waals surface area contributed by atoms with E-state index in [4.69, 9.17) is 4.74 Å². The molecule has 0 aliphatic rings. The molecule has 0 bridgehead atoms. The van der Waals surface area contributed by atoms with Crippen molar-refractivity contribution in [1.29, 1.82) is 0 Å². The molecule has 4 rings (SSSR count). The summed E-state index contributed by atoms with van der Waals surface area (Å²) in [4.78, 5) is 9.63. The summed E-state index contributed by atoms with van der Waals surface area (Å²) >= 11 is 1.57. The minimum atomic E-state index is 0.107. The van der Waals surface area contributed by atoms with E-state index in [0.717, 1.165) is 26.9 Å². The number of aromatic hydroxyl groups is 1. The highest BCUT2D eigenvalue weighted by atomic mass is 32.1. The Hall–Kier alpha value is -3.45. The molecule has 4 aromatic rings. The van der Waals surface area contributed by atoms with E-state index in [-0.39, 0.29) is 5.75 Å². The number of nitrogens with one attached hydrogen (secondary N) is 1. The van der Waals surface area contributed by atoms with Gasteiger partial charge in [-0.3, -0.25) is 5.43 Å². The van der Waals surface area contributed by atoms with Crippen molar-refractivity contribution in [2.45, 2.75) is 6.92 Å². The topological polar surface area (TPSA) is 79.6 Å². The van der Waals surface area contributed by atoms with Gasteiger partial charge in [-0.15, -0.1) is 11.3 Å². The van der Waals surface area contributed by atoms with Gasteiger partial charge in [0.2, 0.25) is 0 Å². The lowest BCUT2D eigenvalue weighted by Crippen LogP contribution is -1.96. The number of fused-ring (bicyclic) bond motifs is 1. The second-order valence-corrected chi connectivity index (χ2v) is 6.81. The van der Waals surface area contributed by atoms with Gasteiger partial charge < -0.3 is 9.84 Å². The standard InChI is InChI=1S/C21H18N4O2S/c1-2-27-18-10-14(8-9-17(18)26)11-24-25-20-19-16(15-6-4-3-5-7-15)12-28-21(19)23-13-22-20/h3-13,26H,2H2,1H3,(H,22,23,25). The second-order valence-electron chi connectivity index (χ2n) is 5.95. The van der Waals surface area contributed by atoms with Crippen LogP contribution in [0, 0.1) is 0 Å². The molecule has 0 amide bonds. The number of anilines is 1. The highest BCUT2D eigenvalue weighted by Gasteiger charge is 2.12. The maximum Gasteiger partial charge on any atom is 0.161 e. The Bertz CT molecular complexity index is 1130. The van der Waals surface area contributed by atoms with Crippen molar-refractivity contribution < 1.29 is 9.84 Å². The summed E-state index contributed by atoms with van der Waals surface area (Å²) in [5.74, 6) is 1.18. The summed E-state index contributed by atoms with van der Waals surface area (Å²) in [5.41, 5.74) is 6.00. The molecular formula is C21H18N4O2S. The number of rotatable bonds is 6. The summed E-state index contributed by atoms with van der Waals surface area (Å²) in [6.45, 7) is 2.35. The number of benzene rings is 2. The van der Waals surface area contributed by atoms with Crippen LogP contribution >= 0.6 is 11.3 Å². The van der Waals surface area contributed by atoms with Gasteiger partial charge in [0.25, 0.3) is 0 Å². The van der Waals surface area contributed by atoms with Crippen molar-refractivity contribution in [3.63, 3.8) is 0 Å². The fourth-order valence-electron chi connectivity index (χ4n) is 2.84. The molecule has 0 spiro atoms. The third-order valence-electron chi connectivity index (χ3n) is 4.12. The third-order valence-corrected chi connectivity index (χ3v) is 5.01. The Morgan fingerprint density at radius 1 is 1.18 bits per heavy atom. The molecule has 0 atom stereocenters. The third kappa shape index (κ3) is 3.65. The lowest BCUT2D eigenvalue weighted by molar-refractivity contribution is 0.318. The van der Waals surface area contributed by atoms with Gasteiger partial charge in [0, 0.05) is 10.9 Å². The van der Waals surface area contributed by atoms with Gasteiger partial charge in [0.15, 0.2) is 17.3 Å². The molecule has 2 N–H and O–H groups in total. The van der Waals surface area contributed by atoms with Gasteiger partial charge in [0.05, 0.1) is 18.2 Å². The van der Waals surface area contributed by atoms with Crippen LogP contribution < -0.4 is 10.2 Å². The number of hydrogen-bond acceptors (Lipinski definition) is 7. The summed E-state index contributed by atoms with van der Waals surface area (Å²) < 4.78 is 5.40. The smallest absolute Gasteiger partial charge is 0.161 e. The highest BCUT2D eigenvalue weighted by molar-refractivity contribution is 7.17. The number of nitrogens with zero attached hydrogens (tertiary/aromatic N) is 3. The largest absolute Gasteiger partial charge is 0.504 e. The van der Waals surface area contributed by atoms with Gasteiger partial charge >= 0.3 is 0 Å². The molecule has 28 heavy (non-hydrogen) atoms. The monoisotopic (exact) mass is 390 g/mol. The van der Waals surface area contributed by atoms with Crippen LogP contribution in [0.3, 0.4) is 0 Å². The van der Waals surface area contributed by atoms with Gasteiger partial charge in [-0.25, -0.2) is 9.97 Å². The number of hydrazone groups is 1. The molecular weight excluding hydrogens is 372 g/mol. The number of thiophene rings is 1. The predicted molar refractivity (Wildman–Crippen MR) is 113 cm³/mol. The summed E-state index contributed by atoms with van der Waals surface area (Å²) in [5, 5.41) is 17.1. The zero-order chi connectivity index (χ0) is 19.3. The fourth-order valence-corrected chi connectivity index (χ4v) is 3.76. The average molecular weight is 390 g/mol. The minimum Gasteiger partial charge on any atom is -0.504 e. The summed E-state index contributed by atoms with van der Waals surface area (Å²) in [7, 11) is 0. The van der Waals surface area contributed by atoms with Crippen molar-refractivity contribution in [2.24, 2.45) is 5.10 Å². The Labute approximate surface area is 166 Å². The SMILES string of the molecule is CCOc1cc(C=NNc2ncnc3scc(-c4ccccc4)c23)ccc1O. The maximum absolute atomic E-state index is 9.80. The zero-order valence-electron chi connectivity index (χ0n) is 15.2. The molecule has 0 aliphatic heterocycles. The van der Waals surface area contributed by atoms with Crippen molar-refractivity contribution >= 4 is 33.6 Å². The van der Waals surface area contributed by atoms with E-state index in [9.17, 15) is 5.11 Å².